The molecule has 0 spiro atoms. The van der Waals surface area contributed by atoms with E-state index in [0.29, 0.717) is 21.3 Å². The second kappa shape index (κ2) is 5.97. The molecule has 0 aliphatic heterocycles. The van der Waals surface area contributed by atoms with E-state index < -0.39 is 11.6 Å². The summed E-state index contributed by atoms with van der Waals surface area (Å²) in [6, 6.07) is 15.9. The topological polar surface area (TPSA) is 9.23 Å². The van der Waals surface area contributed by atoms with Crippen LogP contribution in [0.25, 0.3) is 10.8 Å². The number of hydrogen-bond donors (Lipinski definition) is 0. The van der Waals surface area contributed by atoms with Gasteiger partial charge in [-0.15, -0.1) is 0 Å². The Kier molecular flexibility index (Phi) is 4.05. The Hall–Kier alpha value is -1.69. The molecular formula is C17H11F2IO. The summed E-state index contributed by atoms with van der Waals surface area (Å²) >= 11 is 1.99. The molecule has 0 atom stereocenters. The van der Waals surface area contributed by atoms with Crippen molar-refractivity contribution in [1.82, 2.24) is 0 Å². The summed E-state index contributed by atoms with van der Waals surface area (Å²) in [6.07, 6.45) is 0. The van der Waals surface area contributed by atoms with Gasteiger partial charge < -0.3 is 4.74 Å². The second-order valence-electron chi connectivity index (χ2n) is 4.61. The first-order valence-electron chi connectivity index (χ1n) is 6.40. The van der Waals surface area contributed by atoms with E-state index in [1.165, 1.54) is 0 Å². The first-order chi connectivity index (χ1) is 10.2. The molecule has 106 valence electrons. The normalized spacial score (nSPS) is 10.8. The quantitative estimate of drug-likeness (QED) is 0.546. The molecule has 0 saturated carbocycles. The van der Waals surface area contributed by atoms with Crippen molar-refractivity contribution in [2.45, 2.75) is 6.61 Å². The Labute approximate surface area is 134 Å². The third-order valence-electron chi connectivity index (χ3n) is 3.21. The van der Waals surface area contributed by atoms with E-state index in [1.54, 1.807) is 18.2 Å². The van der Waals surface area contributed by atoms with E-state index in [-0.39, 0.29) is 5.39 Å². The van der Waals surface area contributed by atoms with Crippen molar-refractivity contribution in [2.75, 3.05) is 0 Å². The highest BCUT2D eigenvalue weighted by Crippen LogP contribution is 2.32. The molecule has 3 aromatic carbocycles. The molecule has 0 aliphatic rings. The molecule has 0 bridgehead atoms. The molecule has 0 aliphatic carbocycles. The lowest BCUT2D eigenvalue weighted by Gasteiger charge is -2.11. The minimum atomic E-state index is -0.847. The Morgan fingerprint density at radius 3 is 2.38 bits per heavy atom. The molecule has 3 rings (SSSR count). The predicted octanol–water partition coefficient (Wildman–Crippen LogP) is 5.30. The molecule has 1 nitrogen and oxygen atoms in total. The van der Waals surface area contributed by atoms with Crippen molar-refractivity contribution in [3.05, 3.63) is 75.4 Å². The SMILES string of the molecule is Fc1ccc2ccc(OCc3ccccc3)c(I)c2c1F. The van der Waals surface area contributed by atoms with Gasteiger partial charge in [0.15, 0.2) is 11.6 Å². The highest BCUT2D eigenvalue weighted by molar-refractivity contribution is 14.1. The summed E-state index contributed by atoms with van der Waals surface area (Å²) in [5, 5.41) is 0.923. The van der Waals surface area contributed by atoms with Crippen molar-refractivity contribution >= 4 is 33.4 Å². The molecule has 0 amide bonds. The molecule has 4 heteroatoms. The van der Waals surface area contributed by atoms with Gasteiger partial charge in [-0.05, 0) is 45.7 Å². The van der Waals surface area contributed by atoms with Gasteiger partial charge in [0.05, 0.1) is 3.57 Å². The van der Waals surface area contributed by atoms with Gasteiger partial charge in [0.1, 0.15) is 12.4 Å². The maximum atomic E-state index is 14.0. The number of fused-ring (bicyclic) bond motifs is 1. The minimum Gasteiger partial charge on any atom is -0.488 e. The zero-order chi connectivity index (χ0) is 14.8. The molecular weight excluding hydrogens is 385 g/mol. The lowest BCUT2D eigenvalue weighted by Crippen LogP contribution is -1.98. The van der Waals surface area contributed by atoms with E-state index in [2.05, 4.69) is 0 Å². The predicted molar refractivity (Wildman–Crippen MR) is 87.4 cm³/mol. The van der Waals surface area contributed by atoms with Crippen LogP contribution >= 0.6 is 22.6 Å². The summed E-state index contributed by atoms with van der Waals surface area (Å²) in [7, 11) is 0. The summed E-state index contributed by atoms with van der Waals surface area (Å²) in [5.41, 5.74) is 1.02. The van der Waals surface area contributed by atoms with Gasteiger partial charge in [-0.25, -0.2) is 8.78 Å². The number of halogens is 3. The van der Waals surface area contributed by atoms with Crippen LogP contribution in [-0.2, 0) is 6.61 Å². The molecule has 3 aromatic rings. The summed E-state index contributed by atoms with van der Waals surface area (Å²) in [6.45, 7) is 0.388. The molecule has 0 fully saturated rings. The first kappa shape index (κ1) is 14.3. The van der Waals surface area contributed by atoms with Crippen molar-refractivity contribution < 1.29 is 13.5 Å². The van der Waals surface area contributed by atoms with E-state index in [1.807, 2.05) is 52.9 Å². The summed E-state index contributed by atoms with van der Waals surface area (Å²) in [5.74, 6) is -1.13. The monoisotopic (exact) mass is 396 g/mol. The van der Waals surface area contributed by atoms with Crippen LogP contribution in [0.15, 0.2) is 54.6 Å². The zero-order valence-corrected chi connectivity index (χ0v) is 13.1. The molecule has 0 N–H and O–H groups in total. The third kappa shape index (κ3) is 2.85. The van der Waals surface area contributed by atoms with Gasteiger partial charge in [-0.2, -0.15) is 0 Å². The van der Waals surface area contributed by atoms with Crippen LogP contribution in [0.5, 0.6) is 5.75 Å². The zero-order valence-electron chi connectivity index (χ0n) is 10.9. The van der Waals surface area contributed by atoms with Gasteiger partial charge >= 0.3 is 0 Å². The van der Waals surface area contributed by atoms with E-state index in [9.17, 15) is 8.78 Å². The Morgan fingerprint density at radius 2 is 1.62 bits per heavy atom. The summed E-state index contributed by atoms with van der Waals surface area (Å²) < 4.78 is 33.7. The lowest BCUT2D eigenvalue weighted by molar-refractivity contribution is 0.304. The summed E-state index contributed by atoms with van der Waals surface area (Å²) in [4.78, 5) is 0. The van der Waals surface area contributed by atoms with Crippen LogP contribution in [0, 0.1) is 15.2 Å². The van der Waals surface area contributed by atoms with Crippen LogP contribution in [0.2, 0.25) is 0 Å². The second-order valence-corrected chi connectivity index (χ2v) is 5.69. The van der Waals surface area contributed by atoms with E-state index >= 15 is 0 Å². The Bertz CT molecular complexity index is 788. The van der Waals surface area contributed by atoms with Gasteiger partial charge in [-0.3, -0.25) is 0 Å². The first-order valence-corrected chi connectivity index (χ1v) is 7.47. The minimum absolute atomic E-state index is 0.265. The maximum absolute atomic E-state index is 14.0. The van der Waals surface area contributed by atoms with E-state index in [0.717, 1.165) is 11.6 Å². The maximum Gasteiger partial charge on any atom is 0.167 e. The molecule has 21 heavy (non-hydrogen) atoms. The highest BCUT2D eigenvalue weighted by Gasteiger charge is 2.13. The number of hydrogen-bond acceptors (Lipinski definition) is 1. The van der Waals surface area contributed by atoms with Gasteiger partial charge in [0, 0.05) is 5.39 Å². The highest BCUT2D eigenvalue weighted by atomic mass is 127. The number of rotatable bonds is 3. The number of benzene rings is 3. The van der Waals surface area contributed by atoms with Crippen molar-refractivity contribution in [1.29, 1.82) is 0 Å². The van der Waals surface area contributed by atoms with Gasteiger partial charge in [-0.1, -0.05) is 42.5 Å². The van der Waals surface area contributed by atoms with Gasteiger partial charge in [0.2, 0.25) is 0 Å². The Morgan fingerprint density at radius 1 is 0.905 bits per heavy atom. The van der Waals surface area contributed by atoms with Crippen LogP contribution in [0.1, 0.15) is 5.56 Å². The van der Waals surface area contributed by atoms with Crippen molar-refractivity contribution in [3.8, 4) is 5.75 Å². The number of ether oxygens (including phenoxy) is 1. The van der Waals surface area contributed by atoms with Crippen molar-refractivity contribution in [3.63, 3.8) is 0 Å². The smallest absolute Gasteiger partial charge is 0.167 e. The standard InChI is InChI=1S/C17H11F2IO/c18-13-8-6-12-7-9-14(17(20)15(12)16(13)19)21-10-11-4-2-1-3-5-11/h1-9H,10H2. The molecule has 0 saturated heterocycles. The van der Waals surface area contributed by atoms with Crippen LogP contribution in [0.4, 0.5) is 8.78 Å². The average Bonchev–Trinajstić information content (AvgIpc) is 2.51. The van der Waals surface area contributed by atoms with Crippen LogP contribution < -0.4 is 4.74 Å². The molecule has 0 radical (unpaired) electrons. The largest absolute Gasteiger partial charge is 0.488 e. The fourth-order valence-electron chi connectivity index (χ4n) is 2.14. The van der Waals surface area contributed by atoms with Crippen molar-refractivity contribution in [2.24, 2.45) is 0 Å². The van der Waals surface area contributed by atoms with Gasteiger partial charge in [0.25, 0.3) is 0 Å². The Balaban J connectivity index is 1.96. The van der Waals surface area contributed by atoms with E-state index in [4.69, 9.17) is 4.74 Å². The average molecular weight is 396 g/mol. The molecule has 0 unspecified atom stereocenters. The fourth-order valence-corrected chi connectivity index (χ4v) is 3.02. The lowest BCUT2D eigenvalue weighted by atomic mass is 10.1. The third-order valence-corrected chi connectivity index (χ3v) is 4.29. The van der Waals surface area contributed by atoms with Crippen LogP contribution in [-0.4, -0.2) is 0 Å². The molecule has 0 heterocycles. The fraction of sp³-hybridized carbons (Fsp3) is 0.0588. The molecule has 0 aromatic heterocycles. The van der Waals surface area contributed by atoms with Crippen LogP contribution in [0.3, 0.4) is 0 Å².